The molecule has 1 atom stereocenters. The summed E-state index contributed by atoms with van der Waals surface area (Å²) in [7, 11) is 0. The summed E-state index contributed by atoms with van der Waals surface area (Å²) in [5.41, 5.74) is 7.23. The van der Waals surface area contributed by atoms with Gasteiger partial charge in [0.25, 0.3) is 5.91 Å². The fraction of sp³-hybridized carbons (Fsp3) is 0.385. The second-order valence-corrected chi connectivity index (χ2v) is 4.02. The largest absolute Gasteiger partial charge is 0.453 e. The smallest absolute Gasteiger partial charge is 0.306 e. The van der Waals surface area contributed by atoms with Gasteiger partial charge in [0.15, 0.2) is 6.10 Å². The van der Waals surface area contributed by atoms with E-state index in [-0.39, 0.29) is 6.42 Å². The summed E-state index contributed by atoms with van der Waals surface area (Å²) in [5, 5.41) is 0. The highest BCUT2D eigenvalue weighted by atomic mass is 16.5. The maximum absolute atomic E-state index is 11.4. The lowest BCUT2D eigenvalue weighted by molar-refractivity contribution is -0.153. The Kier molecular flexibility index (Phi) is 4.69. The van der Waals surface area contributed by atoms with Crippen LogP contribution >= 0.6 is 0 Å². The third-order valence-electron chi connectivity index (χ3n) is 2.41. The Morgan fingerprint density at radius 2 is 2.12 bits per heavy atom. The van der Waals surface area contributed by atoms with E-state index in [1.54, 1.807) is 0 Å². The van der Waals surface area contributed by atoms with Crippen LogP contribution in [0.1, 0.15) is 24.5 Å². The molecule has 1 unspecified atom stereocenters. The van der Waals surface area contributed by atoms with Crippen LogP contribution in [0.2, 0.25) is 0 Å². The normalized spacial score (nSPS) is 11.9. The Labute approximate surface area is 101 Å². The van der Waals surface area contributed by atoms with Crippen molar-refractivity contribution < 1.29 is 14.3 Å². The molecule has 17 heavy (non-hydrogen) atoms. The molecule has 4 nitrogen and oxygen atoms in total. The second-order valence-electron chi connectivity index (χ2n) is 4.02. The molecule has 1 rings (SSSR count). The molecule has 0 aliphatic carbocycles. The lowest BCUT2D eigenvalue weighted by atomic mass is 10.1. The third kappa shape index (κ3) is 4.68. The van der Waals surface area contributed by atoms with Gasteiger partial charge in [0, 0.05) is 6.42 Å². The molecule has 92 valence electrons. The minimum Gasteiger partial charge on any atom is -0.453 e. The standard InChI is InChI=1S/C13H17NO3/c1-9-4-3-5-11(8-9)6-7-12(15)17-10(2)13(14)16/h3-5,8,10H,6-7H2,1-2H3,(H2,14,16). The average Bonchev–Trinajstić information content (AvgIpc) is 2.26. The molecule has 0 aliphatic rings. The molecule has 4 heteroatoms. The van der Waals surface area contributed by atoms with Gasteiger partial charge in [-0.2, -0.15) is 0 Å². The first-order valence-corrected chi connectivity index (χ1v) is 5.53. The van der Waals surface area contributed by atoms with Crippen molar-refractivity contribution in [3.63, 3.8) is 0 Å². The topological polar surface area (TPSA) is 69.4 Å². The van der Waals surface area contributed by atoms with Crippen LogP contribution in [-0.2, 0) is 20.7 Å². The van der Waals surface area contributed by atoms with Crippen LogP contribution in [0.5, 0.6) is 0 Å². The first-order chi connectivity index (χ1) is 7.99. The van der Waals surface area contributed by atoms with Gasteiger partial charge in [0.1, 0.15) is 0 Å². The number of ether oxygens (including phenoxy) is 1. The van der Waals surface area contributed by atoms with E-state index in [0.29, 0.717) is 6.42 Å². The van der Waals surface area contributed by atoms with E-state index in [0.717, 1.165) is 11.1 Å². The molecule has 1 aromatic rings. The van der Waals surface area contributed by atoms with Gasteiger partial charge in [0.05, 0.1) is 0 Å². The van der Waals surface area contributed by atoms with E-state index < -0.39 is 18.0 Å². The number of nitrogens with two attached hydrogens (primary N) is 1. The van der Waals surface area contributed by atoms with Crippen molar-refractivity contribution in [1.29, 1.82) is 0 Å². The number of esters is 1. The highest BCUT2D eigenvalue weighted by Crippen LogP contribution is 2.07. The fourth-order valence-corrected chi connectivity index (χ4v) is 1.43. The van der Waals surface area contributed by atoms with Crippen molar-refractivity contribution in [1.82, 2.24) is 0 Å². The number of hydrogen-bond acceptors (Lipinski definition) is 3. The van der Waals surface area contributed by atoms with Crippen LogP contribution in [0.25, 0.3) is 0 Å². The minimum atomic E-state index is -0.861. The van der Waals surface area contributed by atoms with Crippen LogP contribution < -0.4 is 5.73 Å². The molecular formula is C13H17NO3. The van der Waals surface area contributed by atoms with E-state index in [1.165, 1.54) is 6.92 Å². The zero-order valence-corrected chi connectivity index (χ0v) is 10.1. The molecular weight excluding hydrogens is 218 g/mol. The number of carbonyl (C=O) groups excluding carboxylic acids is 2. The van der Waals surface area contributed by atoms with Gasteiger partial charge in [-0.3, -0.25) is 9.59 Å². The van der Waals surface area contributed by atoms with Crippen LogP contribution in [0.3, 0.4) is 0 Å². The minimum absolute atomic E-state index is 0.251. The van der Waals surface area contributed by atoms with Crippen molar-refractivity contribution in [3.8, 4) is 0 Å². The van der Waals surface area contributed by atoms with E-state index in [1.807, 2.05) is 31.2 Å². The molecule has 1 amide bonds. The lowest BCUT2D eigenvalue weighted by Gasteiger charge is -2.09. The van der Waals surface area contributed by atoms with Crippen LogP contribution in [0.15, 0.2) is 24.3 Å². The molecule has 0 aliphatic heterocycles. The number of primary amides is 1. The molecule has 0 fully saturated rings. The molecule has 1 aromatic carbocycles. The summed E-state index contributed by atoms with van der Waals surface area (Å²) in [4.78, 5) is 22.1. The predicted molar refractivity (Wildman–Crippen MR) is 64.2 cm³/mol. The van der Waals surface area contributed by atoms with Crippen LogP contribution in [0.4, 0.5) is 0 Å². The quantitative estimate of drug-likeness (QED) is 0.783. The summed E-state index contributed by atoms with van der Waals surface area (Å²) in [6, 6.07) is 7.92. The highest BCUT2D eigenvalue weighted by molar-refractivity contribution is 5.81. The average molecular weight is 235 g/mol. The molecule has 0 heterocycles. The zero-order valence-electron chi connectivity index (χ0n) is 10.1. The number of rotatable bonds is 5. The van der Waals surface area contributed by atoms with Gasteiger partial charge < -0.3 is 10.5 Å². The monoisotopic (exact) mass is 235 g/mol. The van der Waals surface area contributed by atoms with Crippen molar-refractivity contribution in [2.24, 2.45) is 5.73 Å². The number of carbonyl (C=O) groups is 2. The molecule has 0 radical (unpaired) electrons. The van der Waals surface area contributed by atoms with E-state index >= 15 is 0 Å². The zero-order chi connectivity index (χ0) is 12.8. The van der Waals surface area contributed by atoms with Gasteiger partial charge in [-0.25, -0.2) is 0 Å². The summed E-state index contributed by atoms with van der Waals surface area (Å²) in [6.07, 6.45) is -0.00687. The number of benzene rings is 1. The maximum Gasteiger partial charge on any atom is 0.306 e. The fourth-order valence-electron chi connectivity index (χ4n) is 1.43. The Morgan fingerprint density at radius 1 is 1.41 bits per heavy atom. The number of aryl methyl sites for hydroxylation is 2. The molecule has 0 bridgehead atoms. The summed E-state index contributed by atoms with van der Waals surface area (Å²) in [6.45, 7) is 3.46. The predicted octanol–water partition coefficient (Wildman–Crippen LogP) is 1.34. The molecule has 0 saturated heterocycles. The molecule has 2 N–H and O–H groups in total. The van der Waals surface area contributed by atoms with Crippen LogP contribution in [0, 0.1) is 6.92 Å². The second kappa shape index (κ2) is 6.03. The Balaban J connectivity index is 2.41. The molecule has 0 spiro atoms. The van der Waals surface area contributed by atoms with Crippen molar-refractivity contribution in [2.75, 3.05) is 0 Å². The van der Waals surface area contributed by atoms with Crippen molar-refractivity contribution in [3.05, 3.63) is 35.4 Å². The third-order valence-corrected chi connectivity index (χ3v) is 2.41. The van der Waals surface area contributed by atoms with Gasteiger partial charge in [-0.1, -0.05) is 29.8 Å². The van der Waals surface area contributed by atoms with E-state index in [9.17, 15) is 9.59 Å². The van der Waals surface area contributed by atoms with Crippen molar-refractivity contribution in [2.45, 2.75) is 32.8 Å². The summed E-state index contributed by atoms with van der Waals surface area (Å²) >= 11 is 0. The number of hydrogen-bond donors (Lipinski definition) is 1. The first kappa shape index (κ1) is 13.2. The first-order valence-electron chi connectivity index (χ1n) is 5.53. The van der Waals surface area contributed by atoms with Gasteiger partial charge in [-0.15, -0.1) is 0 Å². The molecule has 0 aromatic heterocycles. The van der Waals surface area contributed by atoms with E-state index in [2.05, 4.69) is 0 Å². The maximum atomic E-state index is 11.4. The summed E-state index contributed by atoms with van der Waals surface area (Å²) < 4.78 is 4.85. The highest BCUT2D eigenvalue weighted by Gasteiger charge is 2.14. The Morgan fingerprint density at radius 3 is 2.71 bits per heavy atom. The van der Waals surface area contributed by atoms with Gasteiger partial charge in [0.2, 0.25) is 0 Å². The SMILES string of the molecule is Cc1cccc(CCC(=O)OC(C)C(N)=O)c1. The Hall–Kier alpha value is -1.84. The lowest BCUT2D eigenvalue weighted by Crippen LogP contribution is -2.30. The van der Waals surface area contributed by atoms with Gasteiger partial charge in [-0.05, 0) is 25.8 Å². The van der Waals surface area contributed by atoms with Crippen molar-refractivity contribution >= 4 is 11.9 Å². The number of amides is 1. The van der Waals surface area contributed by atoms with Gasteiger partial charge >= 0.3 is 5.97 Å². The summed E-state index contributed by atoms with van der Waals surface area (Å²) in [5.74, 6) is -1.04. The Bertz CT molecular complexity index is 415. The molecule has 0 saturated carbocycles. The van der Waals surface area contributed by atoms with Crippen LogP contribution in [-0.4, -0.2) is 18.0 Å². The van der Waals surface area contributed by atoms with E-state index in [4.69, 9.17) is 10.5 Å².